The number of rotatable bonds is 3. The van der Waals surface area contributed by atoms with Crippen LogP contribution in [-0.4, -0.2) is 31.5 Å². The summed E-state index contributed by atoms with van der Waals surface area (Å²) in [5.41, 5.74) is 0. The first-order valence-corrected chi connectivity index (χ1v) is 6.73. The number of ether oxygens (including phenoxy) is 1. The zero-order valence-electron chi connectivity index (χ0n) is 10.3. The molecule has 1 N–H and O–H groups in total. The van der Waals surface area contributed by atoms with Crippen molar-refractivity contribution in [3.63, 3.8) is 0 Å². The lowest BCUT2D eigenvalue weighted by atomic mass is 9.83. The third-order valence-corrected chi connectivity index (χ3v) is 4.05. The van der Waals surface area contributed by atoms with Gasteiger partial charge in [-0.05, 0) is 51.4 Å². The van der Waals surface area contributed by atoms with E-state index in [0.717, 1.165) is 38.9 Å². The molecule has 1 aliphatic heterocycles. The van der Waals surface area contributed by atoms with Gasteiger partial charge in [0, 0.05) is 18.7 Å². The molecule has 1 saturated carbocycles. The van der Waals surface area contributed by atoms with Crippen molar-refractivity contribution in [3.05, 3.63) is 0 Å². The highest BCUT2D eigenvalue weighted by atomic mass is 19.1. The maximum Gasteiger partial charge on any atom is 0.100 e. The zero-order chi connectivity index (χ0) is 11.4. The highest BCUT2D eigenvalue weighted by Crippen LogP contribution is 2.28. The van der Waals surface area contributed by atoms with Crippen molar-refractivity contribution in [2.75, 3.05) is 13.2 Å². The number of alkyl halides is 1. The molecule has 2 unspecified atom stereocenters. The second-order valence-corrected chi connectivity index (χ2v) is 5.37. The van der Waals surface area contributed by atoms with E-state index < -0.39 is 6.17 Å². The normalized spacial score (nSPS) is 38.2. The lowest BCUT2D eigenvalue weighted by Crippen LogP contribution is -2.45. The molecular formula is C13H24FNO. The topological polar surface area (TPSA) is 21.3 Å². The maximum atomic E-state index is 13.1. The van der Waals surface area contributed by atoms with E-state index in [9.17, 15) is 4.39 Å². The average Bonchev–Trinajstić information content (AvgIpc) is 2.31. The Morgan fingerprint density at radius 2 is 1.88 bits per heavy atom. The molecule has 0 aromatic heterocycles. The smallest absolute Gasteiger partial charge is 0.100 e. The van der Waals surface area contributed by atoms with Gasteiger partial charge in [-0.2, -0.15) is 0 Å². The van der Waals surface area contributed by atoms with Gasteiger partial charge < -0.3 is 10.1 Å². The number of halogens is 1. The largest absolute Gasteiger partial charge is 0.380 e. The second kappa shape index (κ2) is 5.97. The third-order valence-electron chi connectivity index (χ3n) is 4.05. The molecule has 2 rings (SSSR count). The van der Waals surface area contributed by atoms with Crippen molar-refractivity contribution in [2.45, 2.75) is 63.7 Å². The average molecular weight is 229 g/mol. The lowest BCUT2D eigenvalue weighted by Gasteiger charge is -2.34. The molecule has 0 aromatic carbocycles. The Bertz CT molecular complexity index is 196. The molecule has 1 heterocycles. The first-order chi connectivity index (χ1) is 7.75. The van der Waals surface area contributed by atoms with E-state index in [-0.39, 0.29) is 0 Å². The predicted molar refractivity (Wildman–Crippen MR) is 63.3 cm³/mol. The molecule has 2 aliphatic rings. The van der Waals surface area contributed by atoms with Crippen LogP contribution < -0.4 is 5.32 Å². The number of nitrogens with one attached hydrogen (secondary N) is 1. The standard InChI is InChI=1S/C13H24FNO/c1-10(14)11-4-6-12(7-5-11)15-13-3-2-8-16-9-13/h10-13,15H,2-9H2,1H3. The maximum absolute atomic E-state index is 13.1. The Kier molecular flexibility index (Phi) is 4.59. The van der Waals surface area contributed by atoms with Crippen LogP contribution in [0.3, 0.4) is 0 Å². The Hall–Kier alpha value is -0.150. The van der Waals surface area contributed by atoms with Crippen LogP contribution in [0.1, 0.15) is 45.4 Å². The van der Waals surface area contributed by atoms with E-state index >= 15 is 0 Å². The molecule has 2 fully saturated rings. The van der Waals surface area contributed by atoms with E-state index in [1.165, 1.54) is 12.8 Å². The third kappa shape index (κ3) is 3.42. The monoisotopic (exact) mass is 229 g/mol. The van der Waals surface area contributed by atoms with Crippen LogP contribution >= 0.6 is 0 Å². The second-order valence-electron chi connectivity index (χ2n) is 5.37. The molecule has 16 heavy (non-hydrogen) atoms. The van der Waals surface area contributed by atoms with Crippen molar-refractivity contribution >= 4 is 0 Å². The molecular weight excluding hydrogens is 205 g/mol. The van der Waals surface area contributed by atoms with Gasteiger partial charge >= 0.3 is 0 Å². The highest BCUT2D eigenvalue weighted by Gasteiger charge is 2.26. The summed E-state index contributed by atoms with van der Waals surface area (Å²) in [6, 6.07) is 1.14. The first kappa shape index (κ1) is 12.3. The van der Waals surface area contributed by atoms with E-state index in [4.69, 9.17) is 4.74 Å². The molecule has 0 aromatic rings. The summed E-state index contributed by atoms with van der Waals surface area (Å²) >= 11 is 0. The fraction of sp³-hybridized carbons (Fsp3) is 1.00. The minimum Gasteiger partial charge on any atom is -0.380 e. The van der Waals surface area contributed by atoms with Crippen LogP contribution in [-0.2, 0) is 4.74 Å². The molecule has 0 radical (unpaired) electrons. The summed E-state index contributed by atoms with van der Waals surface area (Å²) in [6.07, 6.45) is 6.14. The van der Waals surface area contributed by atoms with Crippen molar-refractivity contribution in [3.8, 4) is 0 Å². The summed E-state index contributed by atoms with van der Waals surface area (Å²) in [5, 5.41) is 3.67. The predicted octanol–water partition coefficient (Wildman–Crippen LogP) is 2.67. The van der Waals surface area contributed by atoms with Crippen LogP contribution in [0.5, 0.6) is 0 Å². The molecule has 0 amide bonds. The van der Waals surface area contributed by atoms with E-state index in [1.54, 1.807) is 6.92 Å². The Labute approximate surface area is 97.9 Å². The Balaban J connectivity index is 1.68. The van der Waals surface area contributed by atoms with E-state index in [0.29, 0.717) is 18.0 Å². The fourth-order valence-corrected chi connectivity index (χ4v) is 2.95. The molecule has 1 saturated heterocycles. The van der Waals surface area contributed by atoms with Gasteiger partial charge in [0.25, 0.3) is 0 Å². The van der Waals surface area contributed by atoms with Crippen LogP contribution in [0.15, 0.2) is 0 Å². The van der Waals surface area contributed by atoms with Gasteiger partial charge in [-0.15, -0.1) is 0 Å². The highest BCUT2D eigenvalue weighted by molar-refractivity contribution is 4.83. The van der Waals surface area contributed by atoms with Gasteiger partial charge in [-0.3, -0.25) is 0 Å². The van der Waals surface area contributed by atoms with Crippen LogP contribution in [0, 0.1) is 5.92 Å². The summed E-state index contributed by atoms with van der Waals surface area (Å²) < 4.78 is 18.6. The van der Waals surface area contributed by atoms with Crippen LogP contribution in [0.4, 0.5) is 4.39 Å². The summed E-state index contributed by atoms with van der Waals surface area (Å²) in [6.45, 7) is 3.48. The molecule has 3 heteroatoms. The molecule has 0 bridgehead atoms. The number of hydrogen-bond acceptors (Lipinski definition) is 2. The van der Waals surface area contributed by atoms with Crippen molar-refractivity contribution in [1.82, 2.24) is 5.32 Å². The van der Waals surface area contributed by atoms with Gasteiger partial charge in [-0.25, -0.2) is 4.39 Å². The first-order valence-electron chi connectivity index (χ1n) is 6.73. The minimum absolute atomic E-state index is 0.306. The summed E-state index contributed by atoms with van der Waals surface area (Å²) in [4.78, 5) is 0. The van der Waals surface area contributed by atoms with Gasteiger partial charge in [0.15, 0.2) is 0 Å². The Morgan fingerprint density at radius 3 is 2.44 bits per heavy atom. The van der Waals surface area contributed by atoms with Crippen LogP contribution in [0.2, 0.25) is 0 Å². The van der Waals surface area contributed by atoms with E-state index in [2.05, 4.69) is 5.32 Å². The molecule has 94 valence electrons. The van der Waals surface area contributed by atoms with Crippen molar-refractivity contribution in [1.29, 1.82) is 0 Å². The number of hydrogen-bond donors (Lipinski definition) is 1. The molecule has 2 atom stereocenters. The lowest BCUT2D eigenvalue weighted by molar-refractivity contribution is 0.0615. The summed E-state index contributed by atoms with van der Waals surface area (Å²) in [7, 11) is 0. The molecule has 2 nitrogen and oxygen atoms in total. The van der Waals surface area contributed by atoms with E-state index in [1.807, 2.05) is 0 Å². The summed E-state index contributed by atoms with van der Waals surface area (Å²) in [5.74, 6) is 0.306. The van der Waals surface area contributed by atoms with Crippen LogP contribution in [0.25, 0.3) is 0 Å². The Morgan fingerprint density at radius 1 is 1.12 bits per heavy atom. The van der Waals surface area contributed by atoms with Gasteiger partial charge in [0.1, 0.15) is 6.17 Å². The van der Waals surface area contributed by atoms with Gasteiger partial charge in [0.2, 0.25) is 0 Å². The van der Waals surface area contributed by atoms with Crippen molar-refractivity contribution in [2.24, 2.45) is 5.92 Å². The SMILES string of the molecule is CC(F)C1CCC(NC2CCCOC2)CC1. The molecule has 1 aliphatic carbocycles. The van der Waals surface area contributed by atoms with Gasteiger partial charge in [0.05, 0.1) is 6.61 Å². The quantitative estimate of drug-likeness (QED) is 0.803. The fourth-order valence-electron chi connectivity index (χ4n) is 2.95. The van der Waals surface area contributed by atoms with Gasteiger partial charge in [-0.1, -0.05) is 0 Å². The minimum atomic E-state index is -0.626. The molecule has 0 spiro atoms. The van der Waals surface area contributed by atoms with Crippen molar-refractivity contribution < 1.29 is 9.13 Å². The zero-order valence-corrected chi connectivity index (χ0v) is 10.3.